The molecule has 27 heavy (non-hydrogen) atoms. The molecule has 2 aliphatic heterocycles. The molecule has 2 aromatic carbocycles. The third-order valence-corrected chi connectivity index (χ3v) is 5.41. The number of hydrogen-bond donors (Lipinski definition) is 0. The predicted octanol–water partition coefficient (Wildman–Crippen LogP) is 5.49. The summed E-state index contributed by atoms with van der Waals surface area (Å²) in [7, 11) is 0. The number of alkyl halides is 3. The van der Waals surface area contributed by atoms with Crippen molar-refractivity contribution < 1.29 is 17.9 Å². The van der Waals surface area contributed by atoms with E-state index >= 15 is 0 Å². The smallest absolute Gasteiger partial charge is 0.406 e. The Bertz CT molecular complexity index is 799. The van der Waals surface area contributed by atoms with Gasteiger partial charge in [-0.25, -0.2) is 0 Å². The van der Waals surface area contributed by atoms with Crippen LogP contribution in [0.1, 0.15) is 30.4 Å². The van der Waals surface area contributed by atoms with Gasteiger partial charge in [0.25, 0.3) is 0 Å². The number of fused-ring (bicyclic) bond motifs is 2. The summed E-state index contributed by atoms with van der Waals surface area (Å²) >= 11 is 0. The molecule has 0 aliphatic carbocycles. The van der Waals surface area contributed by atoms with Crippen LogP contribution >= 0.6 is 0 Å². The maximum Gasteiger partial charge on any atom is 0.573 e. The van der Waals surface area contributed by atoms with E-state index in [0.717, 1.165) is 24.9 Å². The molecule has 2 aliphatic rings. The van der Waals surface area contributed by atoms with Crippen LogP contribution in [0.4, 0.5) is 13.2 Å². The van der Waals surface area contributed by atoms with Gasteiger partial charge in [-0.05, 0) is 48.9 Å². The summed E-state index contributed by atoms with van der Waals surface area (Å²) in [5, 5.41) is 0. The van der Waals surface area contributed by atoms with Gasteiger partial charge in [0.15, 0.2) is 0 Å². The van der Waals surface area contributed by atoms with Crippen LogP contribution in [0.25, 0.3) is 0 Å². The molecule has 2 aromatic rings. The number of benzene rings is 2. The summed E-state index contributed by atoms with van der Waals surface area (Å²) in [5.41, 5.74) is 3.74. The lowest BCUT2D eigenvalue weighted by Gasteiger charge is -2.34. The second-order valence-electron chi connectivity index (χ2n) is 7.35. The molecule has 0 amide bonds. The van der Waals surface area contributed by atoms with Crippen LogP contribution in [0.2, 0.25) is 0 Å². The first-order valence-corrected chi connectivity index (χ1v) is 9.30. The minimum atomic E-state index is -4.64. The van der Waals surface area contributed by atoms with Crippen LogP contribution in [-0.4, -0.2) is 23.3 Å². The van der Waals surface area contributed by atoms with Gasteiger partial charge in [0.05, 0.1) is 0 Å². The fourth-order valence-corrected chi connectivity index (χ4v) is 4.25. The van der Waals surface area contributed by atoms with Crippen LogP contribution in [0.15, 0.2) is 66.2 Å². The molecule has 2 nitrogen and oxygen atoms in total. The highest BCUT2D eigenvalue weighted by molar-refractivity contribution is 5.32. The predicted molar refractivity (Wildman–Crippen MR) is 98.3 cm³/mol. The molecule has 142 valence electrons. The molecule has 2 bridgehead atoms. The van der Waals surface area contributed by atoms with E-state index in [1.165, 1.54) is 36.1 Å². The summed E-state index contributed by atoms with van der Waals surface area (Å²) < 4.78 is 40.7. The zero-order valence-corrected chi connectivity index (χ0v) is 15.0. The zero-order valence-electron chi connectivity index (χ0n) is 15.0. The minimum absolute atomic E-state index is 0.169. The van der Waals surface area contributed by atoms with Gasteiger partial charge in [-0.15, -0.1) is 13.2 Å². The summed E-state index contributed by atoms with van der Waals surface area (Å²) in [6, 6.07) is 17.8. The van der Waals surface area contributed by atoms with Crippen molar-refractivity contribution in [3.8, 4) is 5.75 Å². The van der Waals surface area contributed by atoms with Crippen molar-refractivity contribution in [1.82, 2.24) is 4.90 Å². The van der Waals surface area contributed by atoms with E-state index in [2.05, 4.69) is 40.0 Å². The second-order valence-corrected chi connectivity index (χ2v) is 7.35. The van der Waals surface area contributed by atoms with Gasteiger partial charge >= 0.3 is 6.36 Å². The van der Waals surface area contributed by atoms with E-state index in [0.29, 0.717) is 12.1 Å². The van der Waals surface area contributed by atoms with Crippen molar-refractivity contribution in [2.75, 3.05) is 0 Å². The van der Waals surface area contributed by atoms with Crippen molar-refractivity contribution in [3.05, 3.63) is 77.4 Å². The van der Waals surface area contributed by atoms with Crippen molar-refractivity contribution >= 4 is 0 Å². The first-order chi connectivity index (χ1) is 13.0. The normalized spacial score (nSPS) is 22.6. The molecule has 0 aromatic heterocycles. The standard InChI is InChI=1S/C22H22F3NO/c23-22(24,25)27-21-10-6-16(7-11-21)12-18-13-19-8-9-20(14-18)26(19)15-17-4-2-1-3-5-17/h1-7,10-11,13,19-20H,8-9,12,14-15H2. The first-order valence-electron chi connectivity index (χ1n) is 9.30. The fraction of sp³-hybridized carbons (Fsp3) is 0.364. The summed E-state index contributed by atoms with van der Waals surface area (Å²) in [5.74, 6) is -0.169. The van der Waals surface area contributed by atoms with E-state index in [-0.39, 0.29) is 5.75 Å². The van der Waals surface area contributed by atoms with Crippen molar-refractivity contribution in [2.24, 2.45) is 0 Å². The minimum Gasteiger partial charge on any atom is -0.406 e. The molecule has 2 unspecified atom stereocenters. The highest BCUT2D eigenvalue weighted by Gasteiger charge is 2.36. The summed E-state index contributed by atoms with van der Waals surface area (Å²) in [6.45, 7) is 0.976. The van der Waals surface area contributed by atoms with Crippen molar-refractivity contribution in [1.29, 1.82) is 0 Å². The molecule has 4 rings (SSSR count). The van der Waals surface area contributed by atoms with Crippen LogP contribution in [0.5, 0.6) is 5.75 Å². The van der Waals surface area contributed by atoms with E-state index in [4.69, 9.17) is 0 Å². The highest BCUT2D eigenvalue weighted by atomic mass is 19.4. The number of nitrogens with zero attached hydrogens (tertiary/aromatic N) is 1. The quantitative estimate of drug-likeness (QED) is 0.643. The van der Waals surface area contributed by atoms with E-state index in [1.807, 2.05) is 6.07 Å². The van der Waals surface area contributed by atoms with Gasteiger partial charge in [-0.2, -0.15) is 0 Å². The van der Waals surface area contributed by atoms with Crippen molar-refractivity contribution in [3.63, 3.8) is 0 Å². The molecule has 0 radical (unpaired) electrons. The molecule has 0 spiro atoms. The van der Waals surface area contributed by atoms with Gasteiger partial charge in [0, 0.05) is 18.6 Å². The Morgan fingerprint density at radius 2 is 1.67 bits per heavy atom. The zero-order chi connectivity index (χ0) is 18.9. The third kappa shape index (κ3) is 4.53. The molecule has 2 heterocycles. The lowest BCUT2D eigenvalue weighted by atomic mass is 9.94. The third-order valence-electron chi connectivity index (χ3n) is 5.41. The van der Waals surface area contributed by atoms with Crippen LogP contribution in [0.3, 0.4) is 0 Å². The summed E-state index contributed by atoms with van der Waals surface area (Å²) in [6.07, 6.45) is 1.93. The molecule has 0 N–H and O–H groups in total. The maximum absolute atomic E-state index is 12.3. The average molecular weight is 373 g/mol. The molecular formula is C22H22F3NO. The van der Waals surface area contributed by atoms with Gasteiger partial charge < -0.3 is 4.74 Å². The van der Waals surface area contributed by atoms with Gasteiger partial charge in [-0.3, -0.25) is 4.90 Å². The van der Waals surface area contributed by atoms with E-state index in [1.54, 1.807) is 12.1 Å². The maximum atomic E-state index is 12.3. The van der Waals surface area contributed by atoms with Crippen molar-refractivity contribution in [2.45, 2.75) is 50.7 Å². The first kappa shape index (κ1) is 18.1. The van der Waals surface area contributed by atoms with Gasteiger partial charge in [-0.1, -0.05) is 54.1 Å². The Hall–Kier alpha value is -2.27. The second kappa shape index (κ2) is 7.39. The number of halogens is 3. The fourth-order valence-electron chi connectivity index (χ4n) is 4.25. The Labute approximate surface area is 157 Å². The SMILES string of the molecule is FC(F)(F)Oc1ccc(CC2=CC3CCC(C2)N3Cc2ccccc2)cc1. The number of rotatable bonds is 5. The topological polar surface area (TPSA) is 12.5 Å². The Morgan fingerprint density at radius 3 is 2.33 bits per heavy atom. The molecule has 1 fully saturated rings. The number of hydrogen-bond acceptors (Lipinski definition) is 2. The van der Waals surface area contributed by atoms with Gasteiger partial charge in [0.2, 0.25) is 0 Å². The number of ether oxygens (including phenoxy) is 1. The Balaban J connectivity index is 1.40. The monoisotopic (exact) mass is 373 g/mol. The highest BCUT2D eigenvalue weighted by Crippen LogP contribution is 2.37. The Morgan fingerprint density at radius 1 is 0.926 bits per heavy atom. The molecule has 1 saturated heterocycles. The van der Waals surface area contributed by atoms with E-state index in [9.17, 15) is 13.2 Å². The van der Waals surface area contributed by atoms with Crippen LogP contribution in [-0.2, 0) is 13.0 Å². The molecule has 5 heteroatoms. The van der Waals surface area contributed by atoms with Gasteiger partial charge in [0.1, 0.15) is 5.75 Å². The molecular weight excluding hydrogens is 351 g/mol. The lowest BCUT2D eigenvalue weighted by Crippen LogP contribution is -2.38. The Kier molecular flexibility index (Phi) is 4.96. The van der Waals surface area contributed by atoms with Crippen LogP contribution in [0, 0.1) is 0 Å². The lowest BCUT2D eigenvalue weighted by molar-refractivity contribution is -0.274. The largest absolute Gasteiger partial charge is 0.573 e. The molecule has 0 saturated carbocycles. The summed E-state index contributed by atoms with van der Waals surface area (Å²) in [4.78, 5) is 2.58. The van der Waals surface area contributed by atoms with E-state index < -0.39 is 6.36 Å². The average Bonchev–Trinajstić information content (AvgIpc) is 2.86. The van der Waals surface area contributed by atoms with Crippen LogP contribution < -0.4 is 4.74 Å². The molecule has 2 atom stereocenters.